The van der Waals surface area contributed by atoms with E-state index in [1.165, 1.54) is 6.07 Å². The average Bonchev–Trinajstić information content (AvgIpc) is 3.47. The molecular weight excluding hydrogens is 545 g/mol. The van der Waals surface area contributed by atoms with Crippen LogP contribution in [0.5, 0.6) is 0 Å². The van der Waals surface area contributed by atoms with E-state index < -0.39 is 5.97 Å². The minimum absolute atomic E-state index is 0.107. The molecule has 0 amide bonds. The Morgan fingerprint density at radius 2 is 1.98 bits per heavy atom. The van der Waals surface area contributed by atoms with Crippen molar-refractivity contribution in [2.24, 2.45) is 0 Å². The van der Waals surface area contributed by atoms with Crippen LogP contribution in [0.1, 0.15) is 52.4 Å². The summed E-state index contributed by atoms with van der Waals surface area (Å²) < 4.78 is 24.9. The summed E-state index contributed by atoms with van der Waals surface area (Å²) in [5, 5.41) is 9.92. The third-order valence-electron chi connectivity index (χ3n) is 8.41. The van der Waals surface area contributed by atoms with Gasteiger partial charge in [-0.15, -0.1) is 0 Å². The largest absolute Gasteiger partial charge is 0.478 e. The van der Waals surface area contributed by atoms with Crippen molar-refractivity contribution < 1.29 is 19.0 Å². The van der Waals surface area contributed by atoms with Gasteiger partial charge >= 0.3 is 5.97 Å². The number of halogens is 2. The molecule has 0 bridgehead atoms. The lowest BCUT2D eigenvalue weighted by molar-refractivity contribution is -0.0592. The fraction of sp³-hybridized carbons (Fsp3) is 0.323. The zero-order valence-electron chi connectivity index (χ0n) is 22.6. The van der Waals surface area contributed by atoms with Crippen LogP contribution in [0.3, 0.4) is 0 Å². The average molecular weight is 574 g/mol. The fourth-order valence-corrected chi connectivity index (χ4v) is 6.23. The van der Waals surface area contributed by atoms with Gasteiger partial charge in [-0.3, -0.25) is 4.90 Å². The van der Waals surface area contributed by atoms with Crippen LogP contribution in [0, 0.1) is 5.82 Å². The SMILES string of the molecule is CC(c1ccc(Cl)cc1F)c1cccc2c1nc1n2CCN(Cc2nc3ccc(C(=O)O)cc3n2C[C@@H]2CCO2)C1. The molecule has 2 aliphatic rings. The summed E-state index contributed by atoms with van der Waals surface area (Å²) in [5.41, 5.74) is 5.35. The number of para-hydroxylation sites is 1. The third kappa shape index (κ3) is 4.67. The summed E-state index contributed by atoms with van der Waals surface area (Å²) >= 11 is 5.99. The molecule has 1 N–H and O–H groups in total. The predicted molar refractivity (Wildman–Crippen MR) is 154 cm³/mol. The van der Waals surface area contributed by atoms with Crippen LogP contribution in [0.2, 0.25) is 5.02 Å². The summed E-state index contributed by atoms with van der Waals surface area (Å²) in [5.74, 6) is 0.385. The Hall–Kier alpha value is -3.79. The van der Waals surface area contributed by atoms with Crippen LogP contribution in [0.25, 0.3) is 22.1 Å². The molecule has 5 aromatic rings. The number of ether oxygens (including phenoxy) is 1. The van der Waals surface area contributed by atoms with Gasteiger partial charge in [-0.2, -0.15) is 0 Å². The van der Waals surface area contributed by atoms with Gasteiger partial charge < -0.3 is 19.0 Å². The Kier molecular flexibility index (Phi) is 6.53. The Balaban J connectivity index is 1.19. The molecule has 10 heteroatoms. The number of aromatic carboxylic acids is 1. The highest BCUT2D eigenvalue weighted by Gasteiger charge is 2.27. The first kappa shape index (κ1) is 26.1. The maximum atomic E-state index is 14.8. The topological polar surface area (TPSA) is 85.4 Å². The van der Waals surface area contributed by atoms with E-state index in [0.717, 1.165) is 65.4 Å². The van der Waals surface area contributed by atoms with Gasteiger partial charge in [0.15, 0.2) is 0 Å². The van der Waals surface area contributed by atoms with E-state index in [-0.39, 0.29) is 23.4 Å². The number of aromatic nitrogens is 4. The van der Waals surface area contributed by atoms with E-state index in [1.807, 2.05) is 19.1 Å². The summed E-state index contributed by atoms with van der Waals surface area (Å²) in [7, 11) is 0. The second-order valence-electron chi connectivity index (χ2n) is 10.9. The second-order valence-corrected chi connectivity index (χ2v) is 11.4. The summed E-state index contributed by atoms with van der Waals surface area (Å²) in [6, 6.07) is 16.0. The van der Waals surface area contributed by atoms with Crippen LogP contribution >= 0.6 is 11.6 Å². The van der Waals surface area contributed by atoms with E-state index in [4.69, 9.17) is 26.3 Å². The Morgan fingerprint density at radius 3 is 2.73 bits per heavy atom. The van der Waals surface area contributed by atoms with E-state index >= 15 is 0 Å². The second kappa shape index (κ2) is 10.2. The molecule has 1 saturated heterocycles. The Bertz CT molecular complexity index is 1810. The van der Waals surface area contributed by atoms with Crippen molar-refractivity contribution in [2.75, 3.05) is 13.2 Å². The maximum Gasteiger partial charge on any atom is 0.335 e. The van der Waals surface area contributed by atoms with Crippen LogP contribution in [0.4, 0.5) is 4.39 Å². The van der Waals surface area contributed by atoms with Crippen molar-refractivity contribution >= 4 is 39.6 Å². The zero-order valence-corrected chi connectivity index (χ0v) is 23.3. The predicted octanol–water partition coefficient (Wildman–Crippen LogP) is 5.83. The van der Waals surface area contributed by atoms with E-state index in [9.17, 15) is 14.3 Å². The van der Waals surface area contributed by atoms with Gasteiger partial charge in [0, 0.05) is 30.6 Å². The zero-order chi connectivity index (χ0) is 28.2. The molecule has 8 nitrogen and oxygen atoms in total. The summed E-state index contributed by atoms with van der Waals surface area (Å²) in [4.78, 5) is 23.9. The van der Waals surface area contributed by atoms with E-state index in [0.29, 0.717) is 30.2 Å². The van der Waals surface area contributed by atoms with Gasteiger partial charge in [0.05, 0.1) is 53.4 Å². The van der Waals surface area contributed by atoms with Crippen LogP contribution in [0.15, 0.2) is 54.6 Å². The number of carbonyl (C=O) groups is 1. The highest BCUT2D eigenvalue weighted by molar-refractivity contribution is 6.30. The monoisotopic (exact) mass is 573 g/mol. The van der Waals surface area contributed by atoms with Gasteiger partial charge in [-0.25, -0.2) is 19.2 Å². The molecule has 1 fully saturated rings. The molecule has 0 spiro atoms. The van der Waals surface area contributed by atoms with Crippen molar-refractivity contribution in [3.8, 4) is 0 Å². The van der Waals surface area contributed by atoms with Crippen molar-refractivity contribution in [3.63, 3.8) is 0 Å². The smallest absolute Gasteiger partial charge is 0.335 e. The van der Waals surface area contributed by atoms with Gasteiger partial charge in [0.2, 0.25) is 0 Å². The number of rotatable bonds is 7. The molecule has 4 heterocycles. The number of hydrogen-bond acceptors (Lipinski definition) is 5. The quantitative estimate of drug-likeness (QED) is 0.264. The molecule has 2 atom stereocenters. The van der Waals surface area contributed by atoms with Gasteiger partial charge in [0.25, 0.3) is 0 Å². The van der Waals surface area contributed by atoms with Crippen molar-refractivity contribution in [2.45, 2.75) is 51.5 Å². The molecule has 2 aliphatic heterocycles. The number of carboxylic acids is 1. The first-order chi connectivity index (χ1) is 19.9. The molecule has 0 radical (unpaired) electrons. The van der Waals surface area contributed by atoms with Gasteiger partial charge in [-0.05, 0) is 53.9 Å². The van der Waals surface area contributed by atoms with E-state index in [1.54, 1.807) is 30.3 Å². The summed E-state index contributed by atoms with van der Waals surface area (Å²) in [6.45, 7) is 6.22. The van der Waals surface area contributed by atoms with Crippen molar-refractivity contribution in [1.29, 1.82) is 0 Å². The molecule has 7 rings (SSSR count). The van der Waals surface area contributed by atoms with Crippen molar-refractivity contribution in [1.82, 2.24) is 24.0 Å². The number of benzene rings is 3. The van der Waals surface area contributed by atoms with Crippen LogP contribution in [-0.2, 0) is 30.9 Å². The highest BCUT2D eigenvalue weighted by atomic mass is 35.5. The third-order valence-corrected chi connectivity index (χ3v) is 8.64. The Labute approximate surface area is 240 Å². The molecule has 41 heavy (non-hydrogen) atoms. The lowest BCUT2D eigenvalue weighted by Crippen LogP contribution is -2.35. The lowest BCUT2D eigenvalue weighted by atomic mass is 9.92. The molecule has 0 aliphatic carbocycles. The molecule has 0 saturated carbocycles. The maximum absolute atomic E-state index is 14.8. The number of fused-ring (bicyclic) bond motifs is 4. The number of imidazole rings is 2. The molecular formula is C31H29ClFN5O3. The van der Waals surface area contributed by atoms with Crippen molar-refractivity contribution in [3.05, 3.63) is 93.8 Å². The fourth-order valence-electron chi connectivity index (χ4n) is 6.07. The molecule has 1 unspecified atom stereocenters. The first-order valence-corrected chi connectivity index (χ1v) is 14.2. The van der Waals surface area contributed by atoms with Gasteiger partial charge in [0.1, 0.15) is 17.5 Å². The Morgan fingerprint density at radius 1 is 1.12 bits per heavy atom. The normalized spacial score (nSPS) is 18.0. The minimum Gasteiger partial charge on any atom is -0.478 e. The van der Waals surface area contributed by atoms with Crippen LogP contribution in [-0.4, -0.2) is 54.3 Å². The highest BCUT2D eigenvalue weighted by Crippen LogP contribution is 2.34. The number of carboxylic acid groups (broad SMARTS) is 1. The molecule has 210 valence electrons. The minimum atomic E-state index is -0.955. The number of nitrogens with zero attached hydrogens (tertiary/aromatic N) is 5. The molecule has 3 aromatic carbocycles. The van der Waals surface area contributed by atoms with E-state index in [2.05, 4.69) is 20.1 Å². The number of hydrogen-bond donors (Lipinski definition) is 1. The lowest BCUT2D eigenvalue weighted by Gasteiger charge is -2.30. The van der Waals surface area contributed by atoms with Crippen LogP contribution < -0.4 is 0 Å². The molecule has 2 aromatic heterocycles. The first-order valence-electron chi connectivity index (χ1n) is 13.8. The summed E-state index contributed by atoms with van der Waals surface area (Å²) in [6.07, 6.45) is 1.09. The standard InChI is InChI=1S/C31H29ClFN5O3/c1-18(22-7-6-20(32)14-24(22)33)23-3-2-4-26-30(23)35-29-17-36(10-11-37(26)29)16-28-34-25-8-5-19(31(39)40)13-27(25)38(28)15-21-9-12-41-21/h2-8,13-14,18,21H,9-12,15-17H2,1H3,(H,39,40)/t18?,21-/m0/s1. The van der Waals surface area contributed by atoms with Gasteiger partial charge in [-0.1, -0.05) is 36.7 Å².